The molecule has 1 aliphatic rings. The Morgan fingerprint density at radius 2 is 1.96 bits per heavy atom. The van der Waals surface area contributed by atoms with Gasteiger partial charge in [-0.2, -0.15) is 0 Å². The van der Waals surface area contributed by atoms with Gasteiger partial charge in [0, 0.05) is 24.6 Å². The molecule has 146 valence electrons. The van der Waals surface area contributed by atoms with Crippen molar-refractivity contribution in [1.29, 1.82) is 0 Å². The first-order valence-electron chi connectivity index (χ1n) is 9.37. The smallest absolute Gasteiger partial charge is 0.240 e. The number of aldehydes is 2. The van der Waals surface area contributed by atoms with Crippen molar-refractivity contribution in [1.82, 2.24) is 10.2 Å². The molecule has 0 aliphatic carbocycles. The Morgan fingerprint density at radius 1 is 1.30 bits per heavy atom. The summed E-state index contributed by atoms with van der Waals surface area (Å²) >= 11 is 0. The predicted molar refractivity (Wildman–Crippen MR) is 105 cm³/mol. The molecule has 0 spiro atoms. The minimum absolute atomic E-state index is 0.0359. The van der Waals surface area contributed by atoms with Crippen LogP contribution in [0.3, 0.4) is 0 Å². The predicted octanol–water partition coefficient (Wildman–Crippen LogP) is 1.61. The Morgan fingerprint density at radius 3 is 2.48 bits per heavy atom. The van der Waals surface area contributed by atoms with E-state index >= 15 is 0 Å². The van der Waals surface area contributed by atoms with Gasteiger partial charge in [0.05, 0.1) is 18.1 Å². The normalized spacial score (nSPS) is 22.0. The van der Waals surface area contributed by atoms with E-state index in [0.717, 1.165) is 17.5 Å². The third-order valence-electron chi connectivity index (χ3n) is 5.12. The highest BCUT2D eigenvalue weighted by atomic mass is 16.2. The second-order valence-electron chi connectivity index (χ2n) is 7.26. The molecule has 6 nitrogen and oxygen atoms in total. The van der Waals surface area contributed by atoms with Crippen molar-refractivity contribution in [2.24, 2.45) is 11.7 Å². The molecule has 1 aromatic rings. The van der Waals surface area contributed by atoms with Crippen molar-refractivity contribution in [2.75, 3.05) is 6.54 Å². The lowest BCUT2D eigenvalue weighted by Crippen LogP contribution is -2.64. The van der Waals surface area contributed by atoms with E-state index in [2.05, 4.69) is 5.32 Å². The number of amides is 1. The standard InChI is InChI=1S/C21H29N3O3/c1-4-18(23-16(13-26)10-11-25)20-17(15-8-6-5-7-9-15)12-24(20)21(27)19(22)14(2)3/h4-9,11,13-14,16-17,19-20,23H,10,12,22H2,1-3H3/b18-4+/t16-,17+,19-,20-/m0/s1. The van der Waals surface area contributed by atoms with Crippen molar-refractivity contribution in [3.05, 3.63) is 47.7 Å². The third kappa shape index (κ3) is 4.63. The van der Waals surface area contributed by atoms with Gasteiger partial charge in [0.2, 0.25) is 5.91 Å². The molecule has 4 atom stereocenters. The van der Waals surface area contributed by atoms with E-state index in [9.17, 15) is 14.4 Å². The number of carbonyl (C=O) groups is 3. The van der Waals surface area contributed by atoms with Gasteiger partial charge in [-0.05, 0) is 18.4 Å². The lowest BCUT2D eigenvalue weighted by Gasteiger charge is -2.51. The summed E-state index contributed by atoms with van der Waals surface area (Å²) in [5, 5.41) is 3.14. The zero-order valence-electron chi connectivity index (χ0n) is 16.2. The highest BCUT2D eigenvalue weighted by Gasteiger charge is 2.46. The van der Waals surface area contributed by atoms with Gasteiger partial charge in [-0.25, -0.2) is 0 Å². The van der Waals surface area contributed by atoms with Gasteiger partial charge in [0.25, 0.3) is 0 Å². The van der Waals surface area contributed by atoms with Crippen molar-refractivity contribution in [3.63, 3.8) is 0 Å². The number of rotatable bonds is 9. The Kier molecular flexibility index (Phi) is 7.30. The number of benzene rings is 1. The average molecular weight is 371 g/mol. The molecular weight excluding hydrogens is 342 g/mol. The molecule has 1 heterocycles. The molecule has 1 aromatic carbocycles. The molecule has 0 unspecified atom stereocenters. The Bertz CT molecular complexity index is 687. The Hall–Kier alpha value is -2.47. The molecule has 1 saturated heterocycles. The number of likely N-dealkylation sites (tertiary alicyclic amines) is 1. The fourth-order valence-corrected chi connectivity index (χ4v) is 3.39. The van der Waals surface area contributed by atoms with Crippen LogP contribution in [0.2, 0.25) is 0 Å². The molecule has 3 N–H and O–H groups in total. The number of hydrogen-bond donors (Lipinski definition) is 2. The summed E-state index contributed by atoms with van der Waals surface area (Å²) in [5.74, 6) is 0.0480. The van der Waals surface area contributed by atoms with Crippen LogP contribution < -0.4 is 11.1 Å². The lowest BCUT2D eigenvalue weighted by molar-refractivity contribution is -0.141. The van der Waals surface area contributed by atoms with Gasteiger partial charge in [0.1, 0.15) is 12.6 Å². The average Bonchev–Trinajstić information content (AvgIpc) is 2.65. The van der Waals surface area contributed by atoms with Crippen LogP contribution >= 0.6 is 0 Å². The first-order valence-corrected chi connectivity index (χ1v) is 9.37. The van der Waals surface area contributed by atoms with Gasteiger partial charge in [0.15, 0.2) is 0 Å². The van der Waals surface area contributed by atoms with E-state index in [1.54, 1.807) is 4.90 Å². The van der Waals surface area contributed by atoms with Crippen LogP contribution in [0.15, 0.2) is 42.1 Å². The summed E-state index contributed by atoms with van der Waals surface area (Å²) in [7, 11) is 0. The van der Waals surface area contributed by atoms with Crippen LogP contribution in [0.4, 0.5) is 0 Å². The Labute approximate surface area is 160 Å². The number of nitrogens with one attached hydrogen (secondary N) is 1. The molecule has 1 aliphatic heterocycles. The molecular formula is C21H29N3O3. The fourth-order valence-electron chi connectivity index (χ4n) is 3.39. The van der Waals surface area contributed by atoms with Gasteiger partial charge >= 0.3 is 0 Å². The molecule has 0 aromatic heterocycles. The summed E-state index contributed by atoms with van der Waals surface area (Å²) in [5.41, 5.74) is 7.99. The summed E-state index contributed by atoms with van der Waals surface area (Å²) in [4.78, 5) is 36.8. The zero-order chi connectivity index (χ0) is 20.0. The summed E-state index contributed by atoms with van der Waals surface area (Å²) in [6, 6.07) is 8.57. The van der Waals surface area contributed by atoms with Gasteiger partial charge < -0.3 is 25.5 Å². The molecule has 1 amide bonds. The SMILES string of the molecule is C/C=C(/N[C@H](C=O)CC=O)[C@@H]1[C@@H](c2ccccc2)CN1C(=O)[C@@H](N)C(C)C. The number of nitrogens with two attached hydrogens (primary N) is 1. The van der Waals surface area contributed by atoms with Gasteiger partial charge in [-0.1, -0.05) is 50.3 Å². The van der Waals surface area contributed by atoms with Crippen LogP contribution in [0, 0.1) is 5.92 Å². The maximum Gasteiger partial charge on any atom is 0.240 e. The van der Waals surface area contributed by atoms with E-state index in [1.807, 2.05) is 57.2 Å². The maximum absolute atomic E-state index is 12.9. The van der Waals surface area contributed by atoms with Crippen molar-refractivity contribution < 1.29 is 14.4 Å². The number of nitrogens with zero attached hydrogens (tertiary/aromatic N) is 1. The van der Waals surface area contributed by atoms with Crippen LogP contribution in [0.25, 0.3) is 0 Å². The maximum atomic E-state index is 12.9. The molecule has 1 fully saturated rings. The van der Waals surface area contributed by atoms with Gasteiger partial charge in [-0.15, -0.1) is 0 Å². The van der Waals surface area contributed by atoms with E-state index in [-0.39, 0.29) is 30.2 Å². The number of allylic oxidation sites excluding steroid dienone is 1. The topological polar surface area (TPSA) is 92.5 Å². The molecule has 0 radical (unpaired) electrons. The second kappa shape index (κ2) is 9.46. The van der Waals surface area contributed by atoms with Crippen LogP contribution in [-0.4, -0.2) is 48.0 Å². The Balaban J connectivity index is 2.30. The minimum atomic E-state index is -0.610. The minimum Gasteiger partial charge on any atom is -0.377 e. The van der Waals surface area contributed by atoms with Crippen molar-refractivity contribution >= 4 is 18.5 Å². The van der Waals surface area contributed by atoms with Crippen LogP contribution in [0.5, 0.6) is 0 Å². The molecule has 0 saturated carbocycles. The molecule has 0 bridgehead atoms. The van der Waals surface area contributed by atoms with E-state index in [1.165, 1.54) is 0 Å². The summed E-state index contributed by atoms with van der Waals surface area (Å²) in [6.07, 6.45) is 3.39. The van der Waals surface area contributed by atoms with Crippen molar-refractivity contribution in [2.45, 2.75) is 51.2 Å². The van der Waals surface area contributed by atoms with Crippen molar-refractivity contribution in [3.8, 4) is 0 Å². The first kappa shape index (κ1) is 20.8. The molecule has 2 rings (SSSR count). The highest BCUT2D eigenvalue weighted by molar-refractivity contribution is 5.84. The van der Waals surface area contributed by atoms with E-state index in [4.69, 9.17) is 5.73 Å². The monoisotopic (exact) mass is 371 g/mol. The first-order chi connectivity index (χ1) is 12.9. The fraction of sp³-hybridized carbons (Fsp3) is 0.476. The summed E-state index contributed by atoms with van der Waals surface area (Å²) in [6.45, 7) is 6.28. The molecule has 6 heteroatoms. The van der Waals surface area contributed by atoms with Crippen LogP contribution in [-0.2, 0) is 14.4 Å². The third-order valence-corrected chi connectivity index (χ3v) is 5.12. The largest absolute Gasteiger partial charge is 0.377 e. The van der Waals surface area contributed by atoms with Gasteiger partial charge in [-0.3, -0.25) is 4.79 Å². The van der Waals surface area contributed by atoms with E-state index in [0.29, 0.717) is 12.8 Å². The highest BCUT2D eigenvalue weighted by Crippen LogP contribution is 2.38. The summed E-state index contributed by atoms with van der Waals surface area (Å²) < 4.78 is 0. The second-order valence-corrected chi connectivity index (χ2v) is 7.26. The zero-order valence-corrected chi connectivity index (χ0v) is 16.2. The molecule has 27 heavy (non-hydrogen) atoms. The number of hydrogen-bond acceptors (Lipinski definition) is 5. The lowest BCUT2D eigenvalue weighted by atomic mass is 9.79. The number of carbonyl (C=O) groups excluding carboxylic acids is 3. The van der Waals surface area contributed by atoms with Crippen LogP contribution in [0.1, 0.15) is 38.7 Å². The quantitative estimate of drug-likeness (QED) is 0.644. The van der Waals surface area contributed by atoms with E-state index < -0.39 is 12.1 Å².